The Hall–Kier alpha value is -4.20. The topological polar surface area (TPSA) is 93.8 Å². The Balaban J connectivity index is 1.50. The molecule has 0 saturated carbocycles. The van der Waals surface area contributed by atoms with Gasteiger partial charge in [0, 0.05) is 50.5 Å². The van der Waals surface area contributed by atoms with Gasteiger partial charge in [0.05, 0.1) is 23.5 Å². The monoisotopic (exact) mass is 624 g/mol. The second-order valence-electron chi connectivity index (χ2n) is 14.1. The summed E-state index contributed by atoms with van der Waals surface area (Å²) in [5, 5.41) is 6.40. The van der Waals surface area contributed by atoms with Gasteiger partial charge in [0.25, 0.3) is 0 Å². The summed E-state index contributed by atoms with van der Waals surface area (Å²) >= 11 is 0. The molecule has 4 rings (SSSR count). The number of carbonyl (C=O) groups is 2. The number of rotatable bonds is 13. The second-order valence-corrected chi connectivity index (χ2v) is 14.1. The van der Waals surface area contributed by atoms with Gasteiger partial charge in [-0.2, -0.15) is 0 Å². The fourth-order valence-electron chi connectivity index (χ4n) is 5.75. The smallest absolute Gasteiger partial charge is 0.220 e. The number of nitrogens with zero attached hydrogens (tertiary/aromatic N) is 4. The molecule has 4 aromatic rings. The fourth-order valence-corrected chi connectivity index (χ4v) is 5.75. The molecule has 0 saturated heterocycles. The third-order valence-corrected chi connectivity index (χ3v) is 8.23. The molecule has 2 N–H and O–H groups in total. The third kappa shape index (κ3) is 8.53. The van der Waals surface area contributed by atoms with E-state index in [1.807, 2.05) is 35.6 Å². The second kappa shape index (κ2) is 14.9. The summed E-state index contributed by atoms with van der Waals surface area (Å²) in [5.74, 6) is 2.86. The summed E-state index contributed by atoms with van der Waals surface area (Å²) in [7, 11) is 3.98. The molecule has 2 atom stereocenters. The maximum atomic E-state index is 12.6. The zero-order valence-corrected chi connectivity index (χ0v) is 29.3. The first kappa shape index (κ1) is 34.7. The molecule has 8 nitrogen and oxygen atoms in total. The first-order chi connectivity index (χ1) is 21.7. The number of carbonyl (C=O) groups excluding carboxylic acids is 2. The van der Waals surface area contributed by atoms with E-state index in [0.717, 1.165) is 45.3 Å². The Kier molecular flexibility index (Phi) is 11.3. The Morgan fingerprint density at radius 2 is 0.870 bits per heavy atom. The van der Waals surface area contributed by atoms with Crippen molar-refractivity contribution in [1.82, 2.24) is 29.7 Å². The van der Waals surface area contributed by atoms with Crippen LogP contribution in [0.5, 0.6) is 0 Å². The Bertz CT molecular complexity index is 1490. The van der Waals surface area contributed by atoms with Gasteiger partial charge in [-0.1, -0.05) is 104 Å². The van der Waals surface area contributed by atoms with Crippen LogP contribution >= 0.6 is 0 Å². The molecule has 0 aliphatic carbocycles. The number of amides is 2. The molecule has 1 unspecified atom stereocenters. The van der Waals surface area contributed by atoms with Crippen molar-refractivity contribution < 1.29 is 9.59 Å². The van der Waals surface area contributed by atoms with Crippen molar-refractivity contribution in [1.29, 1.82) is 0 Å². The lowest BCUT2D eigenvalue weighted by Gasteiger charge is -2.22. The maximum Gasteiger partial charge on any atom is 0.220 e. The lowest BCUT2D eigenvalue weighted by molar-refractivity contribution is -0.123. The van der Waals surface area contributed by atoms with Crippen LogP contribution in [0.15, 0.2) is 60.9 Å². The third-order valence-electron chi connectivity index (χ3n) is 8.23. The highest BCUT2D eigenvalue weighted by atomic mass is 16.2. The maximum absolute atomic E-state index is 12.6. The first-order valence-electron chi connectivity index (χ1n) is 16.6. The van der Waals surface area contributed by atoms with Crippen molar-refractivity contribution >= 4 is 11.8 Å². The number of hydrogen-bond acceptors (Lipinski definition) is 4. The molecule has 2 aromatic carbocycles. The van der Waals surface area contributed by atoms with Crippen molar-refractivity contribution in [3.8, 4) is 33.6 Å². The lowest BCUT2D eigenvalue weighted by Crippen LogP contribution is -2.34. The van der Waals surface area contributed by atoms with E-state index in [1.54, 1.807) is 0 Å². The van der Waals surface area contributed by atoms with Crippen molar-refractivity contribution in [2.45, 2.75) is 80.3 Å². The van der Waals surface area contributed by atoms with Gasteiger partial charge in [-0.05, 0) is 34.8 Å². The number of nitrogens with one attached hydrogen (secondary N) is 2. The molecule has 2 heterocycles. The molecule has 0 aliphatic heterocycles. The quantitative estimate of drug-likeness (QED) is 0.158. The molecule has 0 spiro atoms. The molecule has 2 amide bonds. The minimum absolute atomic E-state index is 0.0578. The minimum Gasteiger partial charge on any atom is -0.346 e. The normalized spacial score (nSPS) is 13.1. The largest absolute Gasteiger partial charge is 0.346 e. The van der Waals surface area contributed by atoms with E-state index >= 15 is 0 Å². The summed E-state index contributed by atoms with van der Waals surface area (Å²) in [6, 6.07) is 16.6. The van der Waals surface area contributed by atoms with Crippen LogP contribution in [0.3, 0.4) is 0 Å². The van der Waals surface area contributed by atoms with Gasteiger partial charge in [-0.3, -0.25) is 9.59 Å². The van der Waals surface area contributed by atoms with E-state index in [-0.39, 0.29) is 35.7 Å². The molecule has 246 valence electrons. The summed E-state index contributed by atoms with van der Waals surface area (Å²) in [6.07, 6.45) is 5.07. The highest BCUT2D eigenvalue weighted by Gasteiger charge is 2.25. The zero-order valence-electron chi connectivity index (χ0n) is 29.3. The van der Waals surface area contributed by atoms with Gasteiger partial charge >= 0.3 is 0 Å². The molecular weight excluding hydrogens is 572 g/mol. The zero-order chi connectivity index (χ0) is 33.7. The number of hydrogen-bond donors (Lipinski definition) is 2. The molecule has 0 bridgehead atoms. The number of aromatic nitrogens is 4. The Morgan fingerprint density at radius 3 is 1.15 bits per heavy atom. The molecule has 0 radical (unpaired) electrons. The van der Waals surface area contributed by atoms with Crippen LogP contribution in [0.25, 0.3) is 33.6 Å². The molecule has 0 aliphatic rings. The van der Waals surface area contributed by atoms with Crippen molar-refractivity contribution in [2.24, 2.45) is 37.8 Å². The molecule has 0 fully saturated rings. The van der Waals surface area contributed by atoms with Crippen LogP contribution in [-0.2, 0) is 23.7 Å². The van der Waals surface area contributed by atoms with E-state index in [0.29, 0.717) is 24.7 Å². The van der Waals surface area contributed by atoms with Crippen LogP contribution in [0.1, 0.15) is 92.0 Å². The SMILES string of the molecule is CC(C)CC(=O)NC(c1nc(-c2ccc(-c3ccc(-c4cn(C)c([C@@H](NC(=O)CC(C)C)C(C)C)n4)cc3)cc2)cn1C)C(C)C. The Labute approximate surface area is 275 Å². The van der Waals surface area contributed by atoms with E-state index in [2.05, 4.69) is 115 Å². The predicted molar refractivity (Wildman–Crippen MR) is 187 cm³/mol. The van der Waals surface area contributed by atoms with Crippen LogP contribution in [0.2, 0.25) is 0 Å². The molecule has 46 heavy (non-hydrogen) atoms. The standard InChI is InChI=1S/C38H52N6O2/c1-23(2)19-33(45)41-35(25(5)6)37-39-31(21-43(37)9)29-15-11-27(12-16-29)28-13-17-30(18-14-28)32-22-44(10)38(40-32)36(26(7)8)42-34(46)20-24(3)4/h11-18,21-26,35-36H,19-20H2,1-10H3,(H,41,45)(H,42,46)/t35-,36?/m0/s1. The minimum atomic E-state index is -0.155. The summed E-state index contributed by atoms with van der Waals surface area (Å²) in [4.78, 5) is 35.1. The van der Waals surface area contributed by atoms with Crippen LogP contribution in [0.4, 0.5) is 0 Å². The van der Waals surface area contributed by atoms with Crippen molar-refractivity contribution in [2.75, 3.05) is 0 Å². The van der Waals surface area contributed by atoms with Crippen molar-refractivity contribution in [3.63, 3.8) is 0 Å². The number of benzene rings is 2. The number of aryl methyl sites for hydroxylation is 2. The predicted octanol–water partition coefficient (Wildman–Crippen LogP) is 7.87. The van der Waals surface area contributed by atoms with Crippen LogP contribution in [-0.4, -0.2) is 30.9 Å². The summed E-state index contributed by atoms with van der Waals surface area (Å²) in [5.41, 5.74) is 6.05. The van der Waals surface area contributed by atoms with E-state index in [1.165, 1.54) is 0 Å². The van der Waals surface area contributed by atoms with Crippen molar-refractivity contribution in [3.05, 3.63) is 72.6 Å². The average molecular weight is 625 g/mol. The van der Waals surface area contributed by atoms with E-state index < -0.39 is 0 Å². The lowest BCUT2D eigenvalue weighted by atomic mass is 10.0. The molecule has 2 aromatic heterocycles. The average Bonchev–Trinajstić information content (AvgIpc) is 3.56. The molecular formula is C38H52N6O2. The number of imidazole rings is 2. The van der Waals surface area contributed by atoms with Gasteiger partial charge in [0.1, 0.15) is 11.6 Å². The van der Waals surface area contributed by atoms with E-state index in [4.69, 9.17) is 9.97 Å². The van der Waals surface area contributed by atoms with Crippen LogP contribution in [0, 0.1) is 23.7 Å². The summed E-state index contributed by atoms with van der Waals surface area (Å²) in [6.45, 7) is 16.7. The molecule has 8 heteroatoms. The van der Waals surface area contributed by atoms with Gasteiger partial charge in [-0.25, -0.2) is 9.97 Å². The fraction of sp³-hybridized carbons (Fsp3) is 0.474. The summed E-state index contributed by atoms with van der Waals surface area (Å²) < 4.78 is 4.04. The highest BCUT2D eigenvalue weighted by molar-refractivity contribution is 5.77. The Morgan fingerprint density at radius 1 is 0.565 bits per heavy atom. The van der Waals surface area contributed by atoms with Gasteiger partial charge in [0.2, 0.25) is 11.8 Å². The van der Waals surface area contributed by atoms with Gasteiger partial charge < -0.3 is 19.8 Å². The highest BCUT2D eigenvalue weighted by Crippen LogP contribution is 2.30. The van der Waals surface area contributed by atoms with Gasteiger partial charge in [-0.15, -0.1) is 0 Å². The first-order valence-corrected chi connectivity index (χ1v) is 16.6. The van der Waals surface area contributed by atoms with Gasteiger partial charge in [0.15, 0.2) is 0 Å². The van der Waals surface area contributed by atoms with Crippen LogP contribution < -0.4 is 10.6 Å². The van der Waals surface area contributed by atoms with E-state index in [9.17, 15) is 9.59 Å².